The van der Waals surface area contributed by atoms with E-state index in [0.717, 1.165) is 17.8 Å². The molecule has 164 valence electrons. The van der Waals surface area contributed by atoms with Crippen molar-refractivity contribution < 1.29 is 18.0 Å². The number of alkyl halides is 3. The Morgan fingerprint density at radius 1 is 1.19 bits per heavy atom. The summed E-state index contributed by atoms with van der Waals surface area (Å²) >= 11 is 6.31. The first-order valence-electron chi connectivity index (χ1n) is 10.2. The van der Waals surface area contributed by atoms with E-state index in [2.05, 4.69) is 15.4 Å². The molecule has 32 heavy (non-hydrogen) atoms. The number of nitrogens with zero attached hydrogens (tertiary/aromatic N) is 3. The highest BCUT2D eigenvalue weighted by Crippen LogP contribution is 2.47. The van der Waals surface area contributed by atoms with E-state index in [0.29, 0.717) is 47.6 Å². The zero-order valence-electron chi connectivity index (χ0n) is 17.0. The number of pyridine rings is 1. The van der Waals surface area contributed by atoms with Gasteiger partial charge in [0.25, 0.3) is 0 Å². The second-order valence-corrected chi connectivity index (χ2v) is 8.31. The second kappa shape index (κ2) is 7.48. The third-order valence-corrected chi connectivity index (χ3v) is 6.21. The highest BCUT2D eigenvalue weighted by atomic mass is 35.5. The molecule has 2 aromatic heterocycles. The van der Waals surface area contributed by atoms with Gasteiger partial charge in [-0.05, 0) is 50.1 Å². The molecular weight excluding hydrogens is 441 g/mol. The fourth-order valence-electron chi connectivity index (χ4n) is 4.49. The number of ketones is 1. The third-order valence-electron chi connectivity index (χ3n) is 5.89. The quantitative estimate of drug-likeness (QED) is 0.526. The fourth-order valence-corrected chi connectivity index (χ4v) is 4.69. The van der Waals surface area contributed by atoms with Crippen LogP contribution in [0.4, 0.5) is 19.0 Å². The van der Waals surface area contributed by atoms with E-state index in [1.807, 2.05) is 12.1 Å². The van der Waals surface area contributed by atoms with Gasteiger partial charge in [0.1, 0.15) is 5.82 Å². The van der Waals surface area contributed by atoms with Crippen LogP contribution in [0.2, 0.25) is 5.02 Å². The summed E-state index contributed by atoms with van der Waals surface area (Å²) < 4.78 is 41.5. The fraction of sp³-hybridized carbons (Fsp3) is 0.261. The molecule has 0 saturated carbocycles. The average molecular weight is 459 g/mol. The molecule has 2 aliphatic rings. The SMILES string of the molecule is Cc1nn(-c2cc(C(F)(F)F)ccc2Cl)c2c1C(c1ccccn1)C1=C(CCCC1=O)N2. The lowest BCUT2D eigenvalue weighted by Crippen LogP contribution is -2.28. The summed E-state index contributed by atoms with van der Waals surface area (Å²) in [4.78, 5) is 17.4. The van der Waals surface area contributed by atoms with Gasteiger partial charge in [-0.25, -0.2) is 4.68 Å². The number of fused-ring (bicyclic) bond motifs is 1. The minimum absolute atomic E-state index is 0.0457. The van der Waals surface area contributed by atoms with Crippen molar-refractivity contribution in [3.05, 3.63) is 81.4 Å². The van der Waals surface area contributed by atoms with Gasteiger partial charge in [-0.15, -0.1) is 0 Å². The average Bonchev–Trinajstić information content (AvgIpc) is 3.08. The molecule has 3 aromatic rings. The summed E-state index contributed by atoms with van der Waals surface area (Å²) in [5.74, 6) is 0.103. The Morgan fingerprint density at radius 2 is 2.00 bits per heavy atom. The monoisotopic (exact) mass is 458 g/mol. The summed E-state index contributed by atoms with van der Waals surface area (Å²) in [6.45, 7) is 1.77. The number of rotatable bonds is 2. The van der Waals surface area contributed by atoms with Crippen molar-refractivity contribution in [3.8, 4) is 5.69 Å². The van der Waals surface area contributed by atoms with Crippen LogP contribution in [0.15, 0.2) is 53.9 Å². The van der Waals surface area contributed by atoms with Crippen LogP contribution in [-0.4, -0.2) is 20.5 Å². The first-order chi connectivity index (χ1) is 15.3. The summed E-state index contributed by atoms with van der Waals surface area (Å²) in [6, 6.07) is 8.64. The van der Waals surface area contributed by atoms with Crippen LogP contribution in [0.5, 0.6) is 0 Å². The predicted molar refractivity (Wildman–Crippen MR) is 114 cm³/mol. The molecule has 1 atom stereocenters. The number of anilines is 1. The van der Waals surface area contributed by atoms with Gasteiger partial charge in [0.05, 0.1) is 33.6 Å². The highest BCUT2D eigenvalue weighted by molar-refractivity contribution is 6.32. The molecule has 9 heteroatoms. The molecule has 1 unspecified atom stereocenters. The molecule has 1 aromatic carbocycles. The van der Waals surface area contributed by atoms with Crippen LogP contribution < -0.4 is 5.32 Å². The lowest BCUT2D eigenvalue weighted by Gasteiger charge is -2.32. The topological polar surface area (TPSA) is 59.8 Å². The van der Waals surface area contributed by atoms with E-state index < -0.39 is 17.7 Å². The Bertz CT molecular complexity index is 1260. The molecule has 0 fully saturated rings. The molecule has 0 amide bonds. The van der Waals surface area contributed by atoms with E-state index >= 15 is 0 Å². The predicted octanol–water partition coefficient (Wildman–Crippen LogP) is 5.81. The Balaban J connectivity index is 1.75. The largest absolute Gasteiger partial charge is 0.416 e. The number of Topliss-reactive ketones (excluding diaryl/α,β-unsaturated/α-hetero) is 1. The second-order valence-electron chi connectivity index (χ2n) is 7.91. The molecule has 0 bridgehead atoms. The van der Waals surface area contributed by atoms with Gasteiger partial charge in [-0.3, -0.25) is 9.78 Å². The zero-order chi connectivity index (χ0) is 22.6. The van der Waals surface area contributed by atoms with Crippen molar-refractivity contribution in [1.82, 2.24) is 14.8 Å². The van der Waals surface area contributed by atoms with Crippen LogP contribution in [-0.2, 0) is 11.0 Å². The van der Waals surface area contributed by atoms with Gasteiger partial charge in [-0.1, -0.05) is 17.7 Å². The Labute approximate surface area is 186 Å². The van der Waals surface area contributed by atoms with Crippen molar-refractivity contribution in [2.45, 2.75) is 38.3 Å². The van der Waals surface area contributed by atoms with Crippen LogP contribution in [0, 0.1) is 6.92 Å². The van der Waals surface area contributed by atoms with Crippen LogP contribution in [0.25, 0.3) is 5.69 Å². The number of carbonyl (C=O) groups excluding carboxylic acids is 1. The third kappa shape index (κ3) is 3.30. The molecule has 0 radical (unpaired) electrons. The molecular formula is C23H18ClF3N4O. The number of nitrogens with one attached hydrogen (secondary N) is 1. The highest BCUT2D eigenvalue weighted by Gasteiger charge is 2.40. The Kier molecular flexibility index (Phi) is 4.85. The molecule has 1 aliphatic carbocycles. The number of halogens is 4. The summed E-state index contributed by atoms with van der Waals surface area (Å²) in [5, 5.41) is 7.97. The molecule has 0 spiro atoms. The van der Waals surface area contributed by atoms with E-state index in [1.165, 1.54) is 10.7 Å². The Hall–Kier alpha value is -3.13. The lowest BCUT2D eigenvalue weighted by molar-refractivity contribution is -0.137. The van der Waals surface area contributed by atoms with Gasteiger partial charge in [-0.2, -0.15) is 18.3 Å². The van der Waals surface area contributed by atoms with Crippen molar-refractivity contribution in [1.29, 1.82) is 0 Å². The van der Waals surface area contributed by atoms with Gasteiger partial charge in [0.2, 0.25) is 0 Å². The van der Waals surface area contributed by atoms with Crippen molar-refractivity contribution in [2.75, 3.05) is 5.32 Å². The van der Waals surface area contributed by atoms with E-state index in [9.17, 15) is 18.0 Å². The van der Waals surface area contributed by atoms with E-state index in [4.69, 9.17) is 11.6 Å². The maximum atomic E-state index is 13.4. The lowest BCUT2D eigenvalue weighted by atomic mass is 9.77. The molecule has 5 rings (SSSR count). The van der Waals surface area contributed by atoms with Gasteiger partial charge in [0, 0.05) is 29.5 Å². The maximum Gasteiger partial charge on any atom is 0.416 e. The molecule has 0 saturated heterocycles. The minimum atomic E-state index is -4.52. The van der Waals surface area contributed by atoms with Crippen LogP contribution >= 0.6 is 11.6 Å². The van der Waals surface area contributed by atoms with Gasteiger partial charge < -0.3 is 5.32 Å². The Morgan fingerprint density at radius 3 is 2.72 bits per heavy atom. The van der Waals surface area contributed by atoms with Crippen LogP contribution in [0.3, 0.4) is 0 Å². The molecule has 3 heterocycles. The number of allylic oxidation sites excluding steroid dienone is 2. The zero-order valence-corrected chi connectivity index (χ0v) is 17.8. The number of carbonyl (C=O) groups is 1. The molecule has 1 aliphatic heterocycles. The molecule has 1 N–H and O–H groups in total. The van der Waals surface area contributed by atoms with Crippen LogP contribution in [0.1, 0.15) is 47.7 Å². The smallest absolute Gasteiger partial charge is 0.343 e. The van der Waals surface area contributed by atoms with Crippen molar-refractivity contribution >= 4 is 23.2 Å². The first-order valence-corrected chi connectivity index (χ1v) is 10.5. The van der Waals surface area contributed by atoms with E-state index in [-0.39, 0.29) is 16.5 Å². The van der Waals surface area contributed by atoms with E-state index in [1.54, 1.807) is 19.2 Å². The number of benzene rings is 1. The summed E-state index contributed by atoms with van der Waals surface area (Å²) in [7, 11) is 0. The minimum Gasteiger partial charge on any atom is -0.343 e. The normalized spacial score (nSPS) is 18.3. The number of aromatic nitrogens is 3. The summed E-state index contributed by atoms with van der Waals surface area (Å²) in [5.41, 5.74) is 2.70. The number of hydrogen-bond acceptors (Lipinski definition) is 4. The van der Waals surface area contributed by atoms with Gasteiger partial charge in [0.15, 0.2) is 5.78 Å². The number of hydrogen-bond donors (Lipinski definition) is 1. The number of aryl methyl sites for hydroxylation is 1. The molecule has 5 nitrogen and oxygen atoms in total. The standard InChI is InChI=1S/C23H18ClF3N4O/c1-12-19-21(15-5-2-3-10-28-15)20-16(6-4-7-18(20)32)29-22(19)31(30-12)17-11-13(23(25,26)27)8-9-14(17)24/h2-3,5,8-11,21,29H,4,6-7H2,1H3. The van der Waals surface area contributed by atoms with Gasteiger partial charge >= 0.3 is 6.18 Å². The maximum absolute atomic E-state index is 13.4. The first kappa shape index (κ1) is 20.8. The van der Waals surface area contributed by atoms with Crippen molar-refractivity contribution in [3.63, 3.8) is 0 Å². The summed E-state index contributed by atoms with van der Waals surface area (Å²) in [6.07, 6.45) is -1.05. The van der Waals surface area contributed by atoms with Crippen molar-refractivity contribution in [2.24, 2.45) is 0 Å².